The maximum atomic E-state index is 12.5. The second-order valence-electron chi connectivity index (χ2n) is 7.04. The fraction of sp³-hybridized carbons (Fsp3) is 0.160. The minimum atomic E-state index is -0.466. The molecule has 3 N–H and O–H groups in total. The smallest absolute Gasteiger partial charge is 0.269 e. The van der Waals surface area contributed by atoms with Gasteiger partial charge in [-0.2, -0.15) is 0 Å². The second-order valence-corrected chi connectivity index (χ2v) is 7.45. The fourth-order valence-corrected chi connectivity index (χ4v) is 3.17. The van der Waals surface area contributed by atoms with Gasteiger partial charge in [0.25, 0.3) is 11.8 Å². The van der Waals surface area contributed by atoms with Crippen LogP contribution < -0.4 is 30.4 Å². The van der Waals surface area contributed by atoms with Crippen molar-refractivity contribution < 1.29 is 23.8 Å². The maximum absolute atomic E-state index is 12.5. The fourth-order valence-electron chi connectivity index (χ4n) is 3.03. The SMILES string of the molecule is COc1ccc(C(=O)NNC(=S)NC(=O)c2cccc(OCCc3ccccc3)c2)cc1OC. The first kappa shape index (κ1) is 24.5. The molecule has 0 unspecified atom stereocenters. The number of amides is 2. The molecule has 2 amide bonds. The third-order valence-electron chi connectivity index (χ3n) is 4.76. The molecule has 0 radical (unpaired) electrons. The average molecular weight is 480 g/mol. The lowest BCUT2D eigenvalue weighted by Crippen LogP contribution is -2.48. The van der Waals surface area contributed by atoms with Gasteiger partial charge < -0.3 is 14.2 Å². The van der Waals surface area contributed by atoms with Crippen molar-refractivity contribution in [3.8, 4) is 17.2 Å². The van der Waals surface area contributed by atoms with E-state index in [1.165, 1.54) is 25.8 Å². The molecule has 0 bridgehead atoms. The van der Waals surface area contributed by atoms with E-state index in [1.54, 1.807) is 36.4 Å². The Morgan fingerprint density at radius 3 is 2.26 bits per heavy atom. The van der Waals surface area contributed by atoms with Crippen LogP contribution in [0, 0.1) is 0 Å². The molecule has 3 aromatic rings. The zero-order valence-electron chi connectivity index (χ0n) is 18.8. The van der Waals surface area contributed by atoms with Gasteiger partial charge in [-0.25, -0.2) is 0 Å². The predicted octanol–water partition coefficient (Wildman–Crippen LogP) is 3.27. The van der Waals surface area contributed by atoms with Gasteiger partial charge in [-0.15, -0.1) is 0 Å². The predicted molar refractivity (Wildman–Crippen MR) is 132 cm³/mol. The molecule has 0 aliphatic heterocycles. The molecule has 0 saturated carbocycles. The van der Waals surface area contributed by atoms with E-state index < -0.39 is 11.8 Å². The topological polar surface area (TPSA) is 97.9 Å². The molecular weight excluding hydrogens is 454 g/mol. The van der Waals surface area contributed by atoms with Crippen molar-refractivity contribution in [2.75, 3.05) is 20.8 Å². The first-order valence-corrected chi connectivity index (χ1v) is 10.8. The van der Waals surface area contributed by atoms with Crippen LogP contribution in [0.15, 0.2) is 72.8 Å². The Hall–Kier alpha value is -4.11. The minimum absolute atomic E-state index is 0.0609. The average Bonchev–Trinajstić information content (AvgIpc) is 2.87. The number of ether oxygens (including phenoxy) is 3. The van der Waals surface area contributed by atoms with E-state index in [0.717, 1.165) is 6.42 Å². The molecule has 0 fully saturated rings. The molecule has 0 aromatic heterocycles. The Balaban J connectivity index is 1.49. The first-order valence-electron chi connectivity index (χ1n) is 10.4. The van der Waals surface area contributed by atoms with Gasteiger partial charge in [0, 0.05) is 17.5 Å². The molecule has 176 valence electrons. The van der Waals surface area contributed by atoms with Crippen molar-refractivity contribution in [2.24, 2.45) is 0 Å². The molecule has 0 aliphatic carbocycles. The van der Waals surface area contributed by atoms with Crippen LogP contribution >= 0.6 is 12.2 Å². The Labute approximate surface area is 203 Å². The summed E-state index contributed by atoms with van der Waals surface area (Å²) in [5.41, 5.74) is 6.80. The Morgan fingerprint density at radius 1 is 0.794 bits per heavy atom. The van der Waals surface area contributed by atoms with Crippen molar-refractivity contribution in [2.45, 2.75) is 6.42 Å². The number of thiocarbonyl (C=S) groups is 1. The van der Waals surface area contributed by atoms with E-state index >= 15 is 0 Å². The minimum Gasteiger partial charge on any atom is -0.493 e. The lowest BCUT2D eigenvalue weighted by molar-refractivity contribution is 0.0934. The summed E-state index contributed by atoms with van der Waals surface area (Å²) in [6, 6.07) is 21.5. The van der Waals surface area contributed by atoms with Gasteiger partial charge in [0.1, 0.15) is 5.75 Å². The second kappa shape index (κ2) is 12.2. The van der Waals surface area contributed by atoms with Crippen LogP contribution in [0.25, 0.3) is 0 Å². The van der Waals surface area contributed by atoms with Crippen LogP contribution in [0.3, 0.4) is 0 Å². The first-order chi connectivity index (χ1) is 16.5. The lowest BCUT2D eigenvalue weighted by atomic mass is 10.2. The van der Waals surface area contributed by atoms with Gasteiger partial charge in [-0.1, -0.05) is 36.4 Å². The highest BCUT2D eigenvalue weighted by molar-refractivity contribution is 7.80. The number of hydrogen-bond donors (Lipinski definition) is 3. The third-order valence-corrected chi connectivity index (χ3v) is 4.96. The molecule has 0 spiro atoms. The standard InChI is InChI=1S/C25H25N3O5S/c1-31-21-12-11-19(16-22(21)32-2)24(30)27-28-25(34)26-23(29)18-9-6-10-20(15-18)33-14-13-17-7-4-3-5-8-17/h3-12,15-16H,13-14H2,1-2H3,(H,27,30)(H2,26,28,29,34). The van der Waals surface area contributed by atoms with Crippen LogP contribution in [0.1, 0.15) is 26.3 Å². The Kier molecular flexibility index (Phi) is 8.81. The molecule has 9 heteroatoms. The van der Waals surface area contributed by atoms with Gasteiger partial charge in [-0.3, -0.25) is 25.8 Å². The van der Waals surface area contributed by atoms with Gasteiger partial charge in [0.2, 0.25) is 0 Å². The molecule has 8 nitrogen and oxygen atoms in total. The van der Waals surface area contributed by atoms with E-state index in [9.17, 15) is 9.59 Å². The zero-order chi connectivity index (χ0) is 24.3. The summed E-state index contributed by atoms with van der Waals surface area (Å²) >= 11 is 5.11. The van der Waals surface area contributed by atoms with Crippen LogP contribution in [0.2, 0.25) is 0 Å². The number of rotatable bonds is 8. The van der Waals surface area contributed by atoms with E-state index in [-0.39, 0.29) is 5.11 Å². The Bertz CT molecular complexity index is 1150. The van der Waals surface area contributed by atoms with E-state index in [1.807, 2.05) is 30.3 Å². The third kappa shape index (κ3) is 6.94. The summed E-state index contributed by atoms with van der Waals surface area (Å²) in [4.78, 5) is 24.9. The number of hydrazine groups is 1. The summed E-state index contributed by atoms with van der Waals surface area (Å²) in [7, 11) is 2.98. The zero-order valence-corrected chi connectivity index (χ0v) is 19.6. The molecular formula is C25H25N3O5S. The van der Waals surface area contributed by atoms with Crippen LogP contribution in [-0.4, -0.2) is 37.8 Å². The largest absolute Gasteiger partial charge is 0.493 e. The summed E-state index contributed by atoms with van der Waals surface area (Å²) < 4.78 is 16.1. The van der Waals surface area contributed by atoms with Crippen molar-refractivity contribution in [3.05, 3.63) is 89.5 Å². The van der Waals surface area contributed by atoms with Crippen LogP contribution in [0.4, 0.5) is 0 Å². The summed E-state index contributed by atoms with van der Waals surface area (Å²) in [6.07, 6.45) is 0.755. The molecule has 0 atom stereocenters. The van der Waals surface area contributed by atoms with Gasteiger partial charge in [-0.05, 0) is 54.2 Å². The summed E-state index contributed by atoms with van der Waals surface area (Å²) in [5, 5.41) is 2.46. The van der Waals surface area contributed by atoms with Crippen molar-refractivity contribution in [1.29, 1.82) is 0 Å². The van der Waals surface area contributed by atoms with Gasteiger partial charge >= 0.3 is 0 Å². The number of carbonyl (C=O) groups is 2. The van der Waals surface area contributed by atoms with E-state index in [2.05, 4.69) is 16.2 Å². The van der Waals surface area contributed by atoms with E-state index in [4.69, 9.17) is 26.4 Å². The van der Waals surface area contributed by atoms with Gasteiger partial charge in [0.15, 0.2) is 16.6 Å². The molecule has 0 heterocycles. The monoisotopic (exact) mass is 479 g/mol. The molecule has 3 rings (SSSR count). The summed E-state index contributed by atoms with van der Waals surface area (Å²) in [5.74, 6) is 0.583. The Morgan fingerprint density at radius 2 is 1.53 bits per heavy atom. The maximum Gasteiger partial charge on any atom is 0.269 e. The molecule has 3 aromatic carbocycles. The van der Waals surface area contributed by atoms with Crippen molar-refractivity contribution in [3.63, 3.8) is 0 Å². The van der Waals surface area contributed by atoms with Crippen LogP contribution in [0.5, 0.6) is 17.2 Å². The molecule has 34 heavy (non-hydrogen) atoms. The highest BCUT2D eigenvalue weighted by Crippen LogP contribution is 2.27. The van der Waals surface area contributed by atoms with Crippen LogP contribution in [-0.2, 0) is 6.42 Å². The van der Waals surface area contributed by atoms with Crippen molar-refractivity contribution in [1.82, 2.24) is 16.2 Å². The number of benzene rings is 3. The quantitative estimate of drug-likeness (QED) is 0.337. The highest BCUT2D eigenvalue weighted by atomic mass is 32.1. The number of methoxy groups -OCH3 is 2. The number of hydrogen-bond acceptors (Lipinski definition) is 6. The summed E-state index contributed by atoms with van der Waals surface area (Å²) in [6.45, 7) is 0.483. The molecule has 0 saturated heterocycles. The van der Waals surface area contributed by atoms with Crippen molar-refractivity contribution >= 4 is 29.1 Å². The normalized spacial score (nSPS) is 10.1. The highest BCUT2D eigenvalue weighted by Gasteiger charge is 2.13. The lowest BCUT2D eigenvalue weighted by Gasteiger charge is -2.13. The number of nitrogens with one attached hydrogen (secondary N) is 3. The molecule has 0 aliphatic rings. The van der Waals surface area contributed by atoms with E-state index in [0.29, 0.717) is 35.0 Å². The van der Waals surface area contributed by atoms with Gasteiger partial charge in [0.05, 0.1) is 20.8 Å². The number of carbonyl (C=O) groups excluding carboxylic acids is 2.